The summed E-state index contributed by atoms with van der Waals surface area (Å²) < 4.78 is 13.8. The third-order valence-electron chi connectivity index (χ3n) is 5.30. The van der Waals surface area contributed by atoms with Crippen LogP contribution in [-0.2, 0) is 14.3 Å². The zero-order valence-electron chi connectivity index (χ0n) is 15.7. The molecule has 3 rings (SSSR count). The van der Waals surface area contributed by atoms with E-state index in [-0.39, 0.29) is 24.0 Å². The average Bonchev–Trinajstić information content (AvgIpc) is 3.26. The molecular weight excluding hydrogens is 318 g/mol. The van der Waals surface area contributed by atoms with E-state index in [1.54, 1.807) is 0 Å². The topological polar surface area (TPSA) is 56.6 Å². The fraction of sp³-hybridized carbons (Fsp3) is 0.789. The molecule has 0 bridgehead atoms. The highest BCUT2D eigenvalue weighted by Crippen LogP contribution is 2.25. The minimum absolute atomic E-state index is 0.121. The van der Waals surface area contributed by atoms with Gasteiger partial charge in [0.15, 0.2) is 0 Å². The van der Waals surface area contributed by atoms with E-state index < -0.39 is 0 Å². The number of piperidine rings is 1. The third-order valence-corrected chi connectivity index (χ3v) is 5.30. The van der Waals surface area contributed by atoms with Crippen molar-refractivity contribution >= 4 is 5.91 Å². The minimum atomic E-state index is -0.383. The Hall–Kier alpha value is -1.40. The first-order chi connectivity index (χ1) is 12.1. The van der Waals surface area contributed by atoms with Crippen LogP contribution >= 0.6 is 0 Å². The number of aromatic nitrogens is 2. The Kier molecular flexibility index (Phi) is 6.12. The summed E-state index contributed by atoms with van der Waals surface area (Å²) in [6.07, 6.45) is 7.84. The number of likely N-dealkylation sites (tertiary alicyclic amines) is 1. The van der Waals surface area contributed by atoms with Crippen LogP contribution < -0.4 is 0 Å². The number of imidazole rings is 1. The molecule has 0 N–H and O–H groups in total. The number of nitrogens with zero attached hydrogens (tertiary/aromatic N) is 3. The van der Waals surface area contributed by atoms with Crippen LogP contribution in [0.1, 0.15) is 51.4 Å². The summed E-state index contributed by atoms with van der Waals surface area (Å²) in [5.41, 5.74) is 0. The standard InChI is InChI=1S/C19H31N3O3/c1-14(2)18(25-13-17-7-5-11-24-17)19(23)21-9-4-6-16(12-21)22-10-8-20-15(22)3/h8,10,14,16-18H,4-7,9,11-13H2,1-3H3/t16-,17-,18+/m1/s1. The summed E-state index contributed by atoms with van der Waals surface area (Å²) in [7, 11) is 0. The lowest BCUT2D eigenvalue weighted by atomic mass is 10.0. The van der Waals surface area contributed by atoms with E-state index in [0.717, 1.165) is 51.2 Å². The Labute approximate surface area is 150 Å². The molecule has 140 valence electrons. The highest BCUT2D eigenvalue weighted by molar-refractivity contribution is 5.81. The first-order valence-corrected chi connectivity index (χ1v) is 9.57. The second-order valence-corrected chi connectivity index (χ2v) is 7.60. The average molecular weight is 349 g/mol. The summed E-state index contributed by atoms with van der Waals surface area (Å²) in [5.74, 6) is 1.29. The molecule has 3 heterocycles. The van der Waals surface area contributed by atoms with E-state index in [0.29, 0.717) is 12.6 Å². The van der Waals surface area contributed by atoms with E-state index in [9.17, 15) is 4.79 Å². The molecule has 0 spiro atoms. The fourth-order valence-corrected chi connectivity index (χ4v) is 3.87. The molecule has 2 fully saturated rings. The van der Waals surface area contributed by atoms with Gasteiger partial charge in [0.1, 0.15) is 11.9 Å². The maximum absolute atomic E-state index is 13.1. The lowest BCUT2D eigenvalue weighted by Gasteiger charge is -2.36. The molecule has 2 aliphatic heterocycles. The summed E-state index contributed by atoms with van der Waals surface area (Å²) >= 11 is 0. The van der Waals surface area contributed by atoms with Crippen LogP contribution in [0.5, 0.6) is 0 Å². The van der Waals surface area contributed by atoms with Crippen molar-refractivity contribution < 1.29 is 14.3 Å². The minimum Gasteiger partial charge on any atom is -0.376 e. The number of hydrogen-bond acceptors (Lipinski definition) is 4. The number of hydrogen-bond donors (Lipinski definition) is 0. The van der Waals surface area contributed by atoms with Crippen LogP contribution in [-0.4, -0.2) is 58.9 Å². The van der Waals surface area contributed by atoms with E-state index >= 15 is 0 Å². The predicted molar refractivity (Wildman–Crippen MR) is 95.4 cm³/mol. The Balaban J connectivity index is 1.61. The molecule has 25 heavy (non-hydrogen) atoms. The van der Waals surface area contributed by atoms with Crippen LogP contribution in [0.2, 0.25) is 0 Å². The van der Waals surface area contributed by atoms with Gasteiger partial charge in [-0.1, -0.05) is 13.8 Å². The monoisotopic (exact) mass is 349 g/mol. The number of carbonyl (C=O) groups excluding carboxylic acids is 1. The van der Waals surface area contributed by atoms with Crippen LogP contribution in [0.15, 0.2) is 12.4 Å². The Morgan fingerprint density at radius 3 is 2.88 bits per heavy atom. The molecule has 6 heteroatoms. The maximum Gasteiger partial charge on any atom is 0.252 e. The van der Waals surface area contributed by atoms with E-state index in [1.807, 2.05) is 24.2 Å². The molecule has 0 saturated carbocycles. The molecule has 0 radical (unpaired) electrons. The van der Waals surface area contributed by atoms with E-state index in [1.165, 1.54) is 0 Å². The van der Waals surface area contributed by atoms with Crippen molar-refractivity contribution in [1.82, 2.24) is 14.5 Å². The molecule has 0 aliphatic carbocycles. The van der Waals surface area contributed by atoms with E-state index in [4.69, 9.17) is 9.47 Å². The van der Waals surface area contributed by atoms with Crippen molar-refractivity contribution in [3.05, 3.63) is 18.2 Å². The third kappa shape index (κ3) is 4.42. The second kappa shape index (κ2) is 8.32. The lowest BCUT2D eigenvalue weighted by molar-refractivity contribution is -0.151. The van der Waals surface area contributed by atoms with Gasteiger partial charge in [-0.3, -0.25) is 4.79 Å². The van der Waals surface area contributed by atoms with E-state index in [2.05, 4.69) is 23.4 Å². The first-order valence-electron chi connectivity index (χ1n) is 9.57. The van der Waals surface area contributed by atoms with Crippen LogP contribution in [0.3, 0.4) is 0 Å². The van der Waals surface area contributed by atoms with Crippen molar-refractivity contribution in [2.45, 2.75) is 64.7 Å². The lowest BCUT2D eigenvalue weighted by Crippen LogP contribution is -2.48. The van der Waals surface area contributed by atoms with Gasteiger partial charge in [-0.2, -0.15) is 0 Å². The first kappa shape index (κ1) is 18.4. The molecular formula is C19H31N3O3. The van der Waals surface area contributed by atoms with Crippen LogP contribution in [0, 0.1) is 12.8 Å². The van der Waals surface area contributed by atoms with Gasteiger partial charge in [0.2, 0.25) is 0 Å². The van der Waals surface area contributed by atoms with Gasteiger partial charge in [0.25, 0.3) is 5.91 Å². The van der Waals surface area contributed by atoms with Crippen molar-refractivity contribution in [2.75, 3.05) is 26.3 Å². The molecule has 2 aliphatic rings. The van der Waals surface area contributed by atoms with Gasteiger partial charge in [-0.15, -0.1) is 0 Å². The summed E-state index contributed by atoms with van der Waals surface area (Å²) in [6.45, 7) is 9.01. The summed E-state index contributed by atoms with van der Waals surface area (Å²) in [6, 6.07) is 0.311. The highest BCUT2D eigenvalue weighted by atomic mass is 16.5. The second-order valence-electron chi connectivity index (χ2n) is 7.60. The number of aryl methyl sites for hydroxylation is 1. The molecule has 1 amide bonds. The summed E-state index contributed by atoms with van der Waals surface area (Å²) in [5, 5.41) is 0. The van der Waals surface area contributed by atoms with Gasteiger partial charge < -0.3 is 18.9 Å². The van der Waals surface area contributed by atoms with Crippen molar-refractivity contribution in [3.8, 4) is 0 Å². The molecule has 3 atom stereocenters. The number of carbonyl (C=O) groups is 1. The Bertz CT molecular complexity index is 566. The summed E-state index contributed by atoms with van der Waals surface area (Å²) in [4.78, 5) is 19.4. The quantitative estimate of drug-likeness (QED) is 0.792. The zero-order valence-corrected chi connectivity index (χ0v) is 15.7. The normalized spacial score (nSPS) is 25.5. The van der Waals surface area contributed by atoms with Crippen molar-refractivity contribution in [2.24, 2.45) is 5.92 Å². The van der Waals surface area contributed by atoms with Gasteiger partial charge in [-0.25, -0.2) is 4.98 Å². The Morgan fingerprint density at radius 1 is 1.40 bits per heavy atom. The van der Waals surface area contributed by atoms with Gasteiger partial charge >= 0.3 is 0 Å². The molecule has 0 aromatic carbocycles. The van der Waals surface area contributed by atoms with Crippen molar-refractivity contribution in [1.29, 1.82) is 0 Å². The number of amides is 1. The fourth-order valence-electron chi connectivity index (χ4n) is 3.87. The van der Waals surface area contributed by atoms with Crippen LogP contribution in [0.25, 0.3) is 0 Å². The highest BCUT2D eigenvalue weighted by Gasteiger charge is 2.33. The number of ether oxygens (including phenoxy) is 2. The zero-order chi connectivity index (χ0) is 17.8. The van der Waals surface area contributed by atoms with Gasteiger partial charge in [0.05, 0.1) is 18.8 Å². The Morgan fingerprint density at radius 2 is 2.24 bits per heavy atom. The SMILES string of the molecule is Cc1nccn1[C@@H]1CCCN(C(=O)[C@@H](OC[C@H]2CCCO2)C(C)C)C1. The number of rotatable bonds is 6. The van der Waals surface area contributed by atoms with Gasteiger partial charge in [-0.05, 0) is 38.5 Å². The largest absolute Gasteiger partial charge is 0.376 e. The maximum atomic E-state index is 13.1. The smallest absolute Gasteiger partial charge is 0.252 e. The van der Waals surface area contributed by atoms with Crippen molar-refractivity contribution in [3.63, 3.8) is 0 Å². The molecule has 1 aromatic rings. The molecule has 0 unspecified atom stereocenters. The van der Waals surface area contributed by atoms with Crippen LogP contribution in [0.4, 0.5) is 0 Å². The molecule has 2 saturated heterocycles. The predicted octanol–water partition coefficient (Wildman–Crippen LogP) is 2.58. The van der Waals surface area contributed by atoms with Gasteiger partial charge in [0, 0.05) is 32.1 Å². The molecule has 1 aromatic heterocycles. The molecule has 6 nitrogen and oxygen atoms in total.